The van der Waals surface area contributed by atoms with E-state index >= 15 is 0 Å². The quantitative estimate of drug-likeness (QED) is 0.728. The van der Waals surface area contributed by atoms with E-state index in [9.17, 15) is 13.2 Å². The minimum Gasteiger partial charge on any atom is -0.244 e. The zero-order valence-electron chi connectivity index (χ0n) is 10.5. The van der Waals surface area contributed by atoms with Crippen molar-refractivity contribution in [2.75, 3.05) is 0 Å². The fraction of sp³-hybridized carbons (Fsp3) is 0.0769. The van der Waals surface area contributed by atoms with E-state index in [-0.39, 0.29) is 11.5 Å². The second-order valence-corrected chi connectivity index (χ2v) is 4.14. The molecule has 8 heteroatoms. The van der Waals surface area contributed by atoms with Gasteiger partial charge >= 0.3 is 6.18 Å². The third-order valence-corrected chi connectivity index (χ3v) is 2.72. The Morgan fingerprint density at radius 3 is 2.43 bits per heavy atom. The zero-order valence-corrected chi connectivity index (χ0v) is 10.5. The van der Waals surface area contributed by atoms with Gasteiger partial charge in [-0.2, -0.15) is 18.3 Å². The van der Waals surface area contributed by atoms with Crippen LogP contribution in [-0.2, 0) is 6.18 Å². The number of nitrogens with zero attached hydrogens (tertiary/aromatic N) is 5. The maximum absolute atomic E-state index is 12.9. The molecule has 21 heavy (non-hydrogen) atoms. The fourth-order valence-electron chi connectivity index (χ4n) is 1.81. The minimum absolute atomic E-state index is 0.224. The summed E-state index contributed by atoms with van der Waals surface area (Å²) in [4.78, 5) is 11.6. The van der Waals surface area contributed by atoms with Gasteiger partial charge in [-0.15, -0.1) is 0 Å². The number of halogens is 3. The zero-order chi connectivity index (χ0) is 14.9. The van der Waals surface area contributed by atoms with Crippen LogP contribution in [0.1, 0.15) is 5.69 Å². The molecule has 0 fully saturated rings. The second-order valence-electron chi connectivity index (χ2n) is 4.14. The van der Waals surface area contributed by atoms with Crippen LogP contribution in [0.3, 0.4) is 0 Å². The van der Waals surface area contributed by atoms with Crippen molar-refractivity contribution in [1.29, 1.82) is 0 Å². The van der Waals surface area contributed by atoms with Crippen molar-refractivity contribution in [3.63, 3.8) is 0 Å². The van der Waals surface area contributed by atoms with Crippen molar-refractivity contribution in [2.24, 2.45) is 0 Å². The second kappa shape index (κ2) is 4.97. The molecule has 0 aliphatic rings. The summed E-state index contributed by atoms with van der Waals surface area (Å²) in [6.07, 6.45) is 1.09. The first kappa shape index (κ1) is 13.2. The smallest absolute Gasteiger partial charge is 0.244 e. The van der Waals surface area contributed by atoms with Gasteiger partial charge in [-0.3, -0.25) is 0 Å². The van der Waals surface area contributed by atoms with Gasteiger partial charge in [0.25, 0.3) is 0 Å². The number of hydrogen-bond acceptors (Lipinski definition) is 4. The number of aromatic nitrogens is 5. The van der Waals surface area contributed by atoms with Crippen molar-refractivity contribution in [1.82, 2.24) is 24.7 Å². The van der Waals surface area contributed by atoms with E-state index < -0.39 is 11.9 Å². The van der Waals surface area contributed by atoms with Crippen LogP contribution >= 0.6 is 0 Å². The largest absolute Gasteiger partial charge is 0.435 e. The molecule has 0 unspecified atom stereocenters. The first-order valence-corrected chi connectivity index (χ1v) is 5.90. The van der Waals surface area contributed by atoms with Crippen molar-refractivity contribution in [3.05, 3.63) is 54.9 Å². The molecule has 3 aromatic rings. The molecular weight excluding hydrogens is 283 g/mol. The van der Waals surface area contributed by atoms with Gasteiger partial charge in [-0.25, -0.2) is 19.6 Å². The Balaban J connectivity index is 2.20. The molecule has 0 aliphatic carbocycles. The van der Waals surface area contributed by atoms with E-state index in [0.717, 1.165) is 10.7 Å². The molecule has 3 aromatic heterocycles. The van der Waals surface area contributed by atoms with Gasteiger partial charge in [0.2, 0.25) is 0 Å². The van der Waals surface area contributed by atoms with Crippen LogP contribution in [0, 0.1) is 0 Å². The monoisotopic (exact) mass is 291 g/mol. The van der Waals surface area contributed by atoms with E-state index in [0.29, 0.717) is 5.56 Å². The molecule has 0 aromatic carbocycles. The Morgan fingerprint density at radius 2 is 1.81 bits per heavy atom. The van der Waals surface area contributed by atoms with Crippen LogP contribution in [0.4, 0.5) is 13.2 Å². The summed E-state index contributed by atoms with van der Waals surface area (Å²) in [5.74, 6) is 0.284. The maximum Gasteiger partial charge on any atom is 0.435 e. The van der Waals surface area contributed by atoms with Crippen LogP contribution in [-0.4, -0.2) is 24.7 Å². The summed E-state index contributed by atoms with van der Waals surface area (Å²) in [6, 6.07) is 5.86. The Kier molecular flexibility index (Phi) is 3.13. The van der Waals surface area contributed by atoms with Gasteiger partial charge in [0.1, 0.15) is 6.33 Å². The van der Waals surface area contributed by atoms with E-state index in [1.54, 1.807) is 18.2 Å². The third kappa shape index (κ3) is 2.60. The number of pyridine rings is 1. The summed E-state index contributed by atoms with van der Waals surface area (Å²) in [6.45, 7) is 0. The molecule has 106 valence electrons. The predicted octanol–water partition coefficient (Wildman–Crippen LogP) is 2.74. The predicted molar refractivity (Wildman–Crippen MR) is 67.4 cm³/mol. The van der Waals surface area contributed by atoms with E-state index in [4.69, 9.17) is 0 Å². The van der Waals surface area contributed by atoms with Crippen molar-refractivity contribution < 1.29 is 13.2 Å². The van der Waals surface area contributed by atoms with Gasteiger partial charge in [0.05, 0.1) is 5.69 Å². The van der Waals surface area contributed by atoms with Crippen molar-refractivity contribution in [3.8, 4) is 17.1 Å². The lowest BCUT2D eigenvalue weighted by Crippen LogP contribution is -2.08. The van der Waals surface area contributed by atoms with Gasteiger partial charge in [0, 0.05) is 24.2 Å². The minimum atomic E-state index is -4.54. The molecule has 5 nitrogen and oxygen atoms in total. The molecule has 0 saturated heterocycles. The van der Waals surface area contributed by atoms with Gasteiger partial charge < -0.3 is 0 Å². The highest BCUT2D eigenvalue weighted by Gasteiger charge is 2.35. The Morgan fingerprint density at radius 1 is 1.05 bits per heavy atom. The molecule has 0 saturated carbocycles. The standard InChI is InChI=1S/C13H8F3N5/c14-13(15,16)11-5-10(9-6-17-8-18-7-9)21(20-11)12-3-1-2-4-19-12/h1-8H. The molecule has 0 bridgehead atoms. The molecule has 0 aliphatic heterocycles. The van der Waals surface area contributed by atoms with Crippen LogP contribution in [0.2, 0.25) is 0 Å². The summed E-state index contributed by atoms with van der Waals surface area (Å²) in [5.41, 5.74) is -0.347. The van der Waals surface area contributed by atoms with Crippen molar-refractivity contribution >= 4 is 0 Å². The molecule has 3 heterocycles. The fourth-order valence-corrected chi connectivity index (χ4v) is 1.81. The van der Waals surface area contributed by atoms with Crippen LogP contribution < -0.4 is 0 Å². The average Bonchev–Trinajstić information content (AvgIpc) is 2.94. The highest BCUT2D eigenvalue weighted by atomic mass is 19.4. The van der Waals surface area contributed by atoms with E-state index in [1.807, 2.05) is 0 Å². The lowest BCUT2D eigenvalue weighted by Gasteiger charge is -2.05. The van der Waals surface area contributed by atoms with E-state index in [2.05, 4.69) is 20.1 Å². The lowest BCUT2D eigenvalue weighted by molar-refractivity contribution is -0.141. The normalized spacial score (nSPS) is 11.6. The number of alkyl halides is 3. The first-order valence-electron chi connectivity index (χ1n) is 5.90. The van der Waals surface area contributed by atoms with Gasteiger partial charge in [0.15, 0.2) is 11.5 Å². The summed E-state index contributed by atoms with van der Waals surface area (Å²) >= 11 is 0. The summed E-state index contributed by atoms with van der Waals surface area (Å²) in [7, 11) is 0. The van der Waals surface area contributed by atoms with Crippen LogP contribution in [0.15, 0.2) is 49.2 Å². The average molecular weight is 291 g/mol. The molecule has 0 amide bonds. The molecule has 3 rings (SSSR count). The highest BCUT2D eigenvalue weighted by Crippen LogP contribution is 2.32. The summed E-state index contributed by atoms with van der Waals surface area (Å²) in [5, 5.41) is 3.60. The number of hydrogen-bond donors (Lipinski definition) is 0. The van der Waals surface area contributed by atoms with Gasteiger partial charge in [-0.1, -0.05) is 6.07 Å². The Hall–Kier alpha value is -2.77. The molecule has 0 atom stereocenters. The Bertz CT molecular complexity index is 681. The van der Waals surface area contributed by atoms with Crippen LogP contribution in [0.25, 0.3) is 17.1 Å². The van der Waals surface area contributed by atoms with Crippen molar-refractivity contribution in [2.45, 2.75) is 6.18 Å². The topological polar surface area (TPSA) is 56.5 Å². The third-order valence-electron chi connectivity index (χ3n) is 2.72. The van der Waals surface area contributed by atoms with Gasteiger partial charge in [-0.05, 0) is 18.2 Å². The molecular formula is C13H8F3N5. The Labute approximate surface area is 117 Å². The first-order chi connectivity index (χ1) is 10.1. The highest BCUT2D eigenvalue weighted by molar-refractivity contribution is 5.60. The molecule has 0 radical (unpaired) electrons. The molecule has 0 N–H and O–H groups in total. The van der Waals surface area contributed by atoms with Crippen LogP contribution in [0.5, 0.6) is 0 Å². The summed E-state index contributed by atoms with van der Waals surface area (Å²) < 4.78 is 39.8. The molecule has 0 spiro atoms. The maximum atomic E-state index is 12.9. The number of rotatable bonds is 2. The SMILES string of the molecule is FC(F)(F)c1cc(-c2cncnc2)n(-c2ccccn2)n1. The van der Waals surface area contributed by atoms with E-state index in [1.165, 1.54) is 24.9 Å². The lowest BCUT2D eigenvalue weighted by atomic mass is 10.2.